The monoisotopic (exact) mass is 265 g/mol. The van der Waals surface area contributed by atoms with E-state index in [-0.39, 0.29) is 5.91 Å². The minimum atomic E-state index is -0.250. The van der Waals surface area contributed by atoms with Crippen molar-refractivity contribution in [1.29, 1.82) is 0 Å². The summed E-state index contributed by atoms with van der Waals surface area (Å²) in [5.74, 6) is -0.250. The Morgan fingerprint density at radius 2 is 2.33 bits per heavy atom. The third-order valence-electron chi connectivity index (χ3n) is 2.50. The summed E-state index contributed by atoms with van der Waals surface area (Å²) in [6.07, 6.45) is 3.27. The van der Waals surface area contributed by atoms with Crippen molar-refractivity contribution in [2.45, 2.75) is 20.4 Å². The Balaban J connectivity index is 2.06. The summed E-state index contributed by atoms with van der Waals surface area (Å²) >= 11 is 1.46. The zero-order valence-corrected chi connectivity index (χ0v) is 11.1. The number of hydrogen-bond acceptors (Lipinski definition) is 5. The second-order valence-electron chi connectivity index (χ2n) is 3.90. The molecule has 0 fully saturated rings. The van der Waals surface area contributed by atoms with Gasteiger partial charge in [-0.1, -0.05) is 0 Å². The average Bonchev–Trinajstić information content (AvgIpc) is 2.88. The molecule has 0 aliphatic heterocycles. The van der Waals surface area contributed by atoms with E-state index in [1.165, 1.54) is 11.3 Å². The number of rotatable bonds is 4. The molecule has 0 aliphatic rings. The highest BCUT2D eigenvalue weighted by Crippen LogP contribution is 2.21. The van der Waals surface area contributed by atoms with Crippen molar-refractivity contribution in [3.8, 4) is 0 Å². The topological polar surface area (TPSA) is 85.8 Å². The Labute approximate surface area is 109 Å². The second-order valence-corrected chi connectivity index (χ2v) is 5.10. The van der Waals surface area contributed by atoms with Crippen molar-refractivity contribution in [2.24, 2.45) is 5.73 Å². The highest BCUT2D eigenvalue weighted by atomic mass is 32.1. The molecule has 1 amide bonds. The number of aryl methyl sites for hydroxylation is 2. The van der Waals surface area contributed by atoms with Gasteiger partial charge in [0, 0.05) is 24.2 Å². The first kappa shape index (κ1) is 12.7. The zero-order chi connectivity index (χ0) is 13.1. The summed E-state index contributed by atoms with van der Waals surface area (Å²) in [5.41, 5.74) is 6.73. The van der Waals surface area contributed by atoms with Crippen molar-refractivity contribution >= 4 is 22.4 Å². The molecule has 0 spiro atoms. The Morgan fingerprint density at radius 1 is 1.56 bits per heavy atom. The van der Waals surface area contributed by atoms with Gasteiger partial charge in [0.2, 0.25) is 0 Å². The summed E-state index contributed by atoms with van der Waals surface area (Å²) in [4.78, 5) is 21.3. The number of carbonyl (C=O) groups excluding carboxylic acids is 1. The maximum Gasteiger partial charge on any atom is 0.277 e. The van der Waals surface area contributed by atoms with Gasteiger partial charge in [0.1, 0.15) is 5.69 Å². The second kappa shape index (κ2) is 5.28. The lowest BCUT2D eigenvalue weighted by Gasteiger charge is -1.98. The predicted molar refractivity (Wildman–Crippen MR) is 70.8 cm³/mol. The summed E-state index contributed by atoms with van der Waals surface area (Å²) < 4.78 is 1.78. The van der Waals surface area contributed by atoms with Gasteiger partial charge < -0.3 is 10.3 Å². The molecule has 18 heavy (non-hydrogen) atoms. The lowest BCUT2D eigenvalue weighted by Crippen LogP contribution is -2.12. The van der Waals surface area contributed by atoms with Crippen LogP contribution in [0.3, 0.4) is 0 Å². The molecule has 2 aromatic rings. The van der Waals surface area contributed by atoms with E-state index in [4.69, 9.17) is 5.73 Å². The summed E-state index contributed by atoms with van der Waals surface area (Å²) in [7, 11) is 0. The van der Waals surface area contributed by atoms with Crippen LogP contribution < -0.4 is 11.1 Å². The molecule has 2 aromatic heterocycles. The van der Waals surface area contributed by atoms with Gasteiger partial charge in [-0.3, -0.25) is 10.1 Å². The molecular weight excluding hydrogens is 250 g/mol. The van der Waals surface area contributed by atoms with Crippen molar-refractivity contribution in [1.82, 2.24) is 14.5 Å². The molecule has 0 aromatic carbocycles. The molecule has 0 bridgehead atoms. The maximum atomic E-state index is 11.9. The van der Waals surface area contributed by atoms with Crippen LogP contribution in [0.1, 0.15) is 21.1 Å². The van der Waals surface area contributed by atoms with Crippen LogP contribution in [0.4, 0.5) is 5.13 Å². The third kappa shape index (κ3) is 2.74. The van der Waals surface area contributed by atoms with E-state index in [2.05, 4.69) is 15.3 Å². The number of carbonyl (C=O) groups is 1. The fraction of sp³-hybridized carbons (Fsp3) is 0.364. The third-order valence-corrected chi connectivity index (χ3v) is 3.49. The van der Waals surface area contributed by atoms with Gasteiger partial charge in [-0.05, 0) is 13.8 Å². The van der Waals surface area contributed by atoms with Crippen LogP contribution in [0.2, 0.25) is 0 Å². The van der Waals surface area contributed by atoms with Crippen LogP contribution in [-0.2, 0) is 6.54 Å². The number of amides is 1. The molecule has 2 heterocycles. The standard InChI is InChI=1S/C11H15N5OS/c1-7-8(2)18-11(14-7)15-10(17)9-5-16(4-3-12)6-13-9/h5-6H,3-4,12H2,1-2H3,(H,14,15,17). The van der Waals surface area contributed by atoms with Crippen LogP contribution in [0, 0.1) is 13.8 Å². The van der Waals surface area contributed by atoms with Crippen molar-refractivity contribution in [2.75, 3.05) is 11.9 Å². The Hall–Kier alpha value is -1.73. The number of hydrogen-bond donors (Lipinski definition) is 2. The minimum absolute atomic E-state index is 0.250. The maximum absolute atomic E-state index is 11.9. The van der Waals surface area contributed by atoms with Crippen LogP contribution in [0.15, 0.2) is 12.5 Å². The molecule has 7 heteroatoms. The van der Waals surface area contributed by atoms with Gasteiger partial charge in [0.05, 0.1) is 12.0 Å². The van der Waals surface area contributed by atoms with E-state index < -0.39 is 0 Å². The van der Waals surface area contributed by atoms with Gasteiger partial charge in [-0.25, -0.2) is 9.97 Å². The van der Waals surface area contributed by atoms with Gasteiger partial charge >= 0.3 is 0 Å². The van der Waals surface area contributed by atoms with Gasteiger partial charge in [0.25, 0.3) is 5.91 Å². The van der Waals surface area contributed by atoms with Crippen molar-refractivity contribution in [3.63, 3.8) is 0 Å². The zero-order valence-electron chi connectivity index (χ0n) is 10.3. The molecule has 2 rings (SSSR count). The molecule has 3 N–H and O–H groups in total. The van der Waals surface area contributed by atoms with E-state index >= 15 is 0 Å². The van der Waals surface area contributed by atoms with Gasteiger partial charge in [0.15, 0.2) is 5.13 Å². The molecule has 0 radical (unpaired) electrons. The SMILES string of the molecule is Cc1nc(NC(=O)c2cn(CCN)cn2)sc1C. The molecule has 96 valence electrons. The summed E-state index contributed by atoms with van der Waals surface area (Å²) in [5, 5.41) is 3.34. The minimum Gasteiger partial charge on any atom is -0.335 e. The molecule has 0 saturated carbocycles. The quantitative estimate of drug-likeness (QED) is 0.868. The van der Waals surface area contributed by atoms with Crippen LogP contribution in [0.5, 0.6) is 0 Å². The van der Waals surface area contributed by atoms with Gasteiger partial charge in [-0.15, -0.1) is 11.3 Å². The number of aromatic nitrogens is 3. The highest BCUT2D eigenvalue weighted by Gasteiger charge is 2.12. The molecule has 0 aliphatic carbocycles. The fourth-order valence-electron chi connectivity index (χ4n) is 1.44. The highest BCUT2D eigenvalue weighted by molar-refractivity contribution is 7.15. The van der Waals surface area contributed by atoms with Crippen LogP contribution >= 0.6 is 11.3 Å². The van der Waals surface area contributed by atoms with Crippen molar-refractivity contribution < 1.29 is 4.79 Å². The Morgan fingerprint density at radius 3 is 2.94 bits per heavy atom. The molecule has 0 saturated heterocycles. The largest absolute Gasteiger partial charge is 0.335 e. The molecule has 0 atom stereocenters. The van der Waals surface area contributed by atoms with E-state index in [0.29, 0.717) is 23.9 Å². The number of nitrogens with two attached hydrogens (primary N) is 1. The molecular formula is C11H15N5OS. The molecule has 0 unspecified atom stereocenters. The van der Waals surface area contributed by atoms with Crippen LogP contribution in [-0.4, -0.2) is 27.0 Å². The van der Waals surface area contributed by atoms with E-state index in [0.717, 1.165) is 10.6 Å². The number of imidazole rings is 1. The normalized spacial score (nSPS) is 10.6. The Bertz CT molecular complexity index is 540. The number of anilines is 1. The van der Waals surface area contributed by atoms with Gasteiger partial charge in [-0.2, -0.15) is 0 Å². The fourth-order valence-corrected chi connectivity index (χ4v) is 2.25. The first-order valence-electron chi connectivity index (χ1n) is 5.57. The lowest BCUT2D eigenvalue weighted by molar-refractivity contribution is 0.102. The van der Waals surface area contributed by atoms with E-state index in [9.17, 15) is 4.79 Å². The summed E-state index contributed by atoms with van der Waals surface area (Å²) in [6.45, 7) is 5.05. The molecule has 6 nitrogen and oxygen atoms in total. The number of thiazole rings is 1. The predicted octanol–water partition coefficient (Wildman–Crippen LogP) is 1.17. The Kier molecular flexibility index (Phi) is 3.73. The lowest BCUT2D eigenvalue weighted by atomic mass is 10.4. The average molecular weight is 265 g/mol. The first-order valence-corrected chi connectivity index (χ1v) is 6.39. The number of nitrogens with one attached hydrogen (secondary N) is 1. The number of nitrogens with zero attached hydrogens (tertiary/aromatic N) is 3. The summed E-state index contributed by atoms with van der Waals surface area (Å²) in [6, 6.07) is 0. The first-order chi connectivity index (χ1) is 8.60. The smallest absolute Gasteiger partial charge is 0.277 e. The van der Waals surface area contributed by atoms with Crippen molar-refractivity contribution in [3.05, 3.63) is 28.8 Å². The van der Waals surface area contributed by atoms with Crippen LogP contribution in [0.25, 0.3) is 0 Å². The van der Waals surface area contributed by atoms with E-state index in [1.807, 2.05) is 13.8 Å². The van der Waals surface area contributed by atoms with E-state index in [1.54, 1.807) is 17.1 Å².